The number of aliphatic carboxylic acids is 1. The van der Waals surface area contributed by atoms with E-state index in [1.54, 1.807) is 0 Å². The molecule has 18 heavy (non-hydrogen) atoms. The lowest BCUT2D eigenvalue weighted by Gasteiger charge is -2.13. The Hall–Kier alpha value is -2.24. The van der Waals surface area contributed by atoms with Crippen molar-refractivity contribution in [1.82, 2.24) is 5.32 Å². The minimum atomic E-state index is -1.10. The molecule has 0 saturated carbocycles. The highest BCUT2D eigenvalue weighted by Crippen LogP contribution is 2.24. The highest BCUT2D eigenvalue weighted by Gasteiger charge is 2.20. The standard InChI is InChI=1S/C12H15NO5/c1-2-3-8(12(17)18)13-11(16)7-4-5-9(14)10(15)6-7/h4-6,8,14-15H,2-3H2,1H3,(H,13,16)(H,17,18)/t8-/m0/s1. The molecule has 0 bridgehead atoms. The Balaban J connectivity index is 2.80. The number of benzene rings is 1. The van der Waals surface area contributed by atoms with Gasteiger partial charge in [0, 0.05) is 5.56 Å². The fourth-order valence-electron chi connectivity index (χ4n) is 1.45. The molecule has 0 aromatic heterocycles. The zero-order valence-electron chi connectivity index (χ0n) is 9.88. The molecule has 1 rings (SSSR count). The van der Waals surface area contributed by atoms with Gasteiger partial charge in [0.05, 0.1) is 0 Å². The summed E-state index contributed by atoms with van der Waals surface area (Å²) in [6, 6.07) is 2.59. The molecule has 6 heteroatoms. The van der Waals surface area contributed by atoms with Crippen LogP contribution in [0.3, 0.4) is 0 Å². The Bertz CT molecular complexity index is 458. The van der Waals surface area contributed by atoms with Gasteiger partial charge < -0.3 is 20.6 Å². The highest BCUT2D eigenvalue weighted by atomic mass is 16.4. The second-order valence-corrected chi connectivity index (χ2v) is 3.86. The third kappa shape index (κ3) is 3.38. The smallest absolute Gasteiger partial charge is 0.326 e. The fourth-order valence-corrected chi connectivity index (χ4v) is 1.45. The van der Waals surface area contributed by atoms with Crippen LogP contribution in [0.2, 0.25) is 0 Å². The van der Waals surface area contributed by atoms with Gasteiger partial charge in [-0.1, -0.05) is 13.3 Å². The van der Waals surface area contributed by atoms with Crippen LogP contribution in [0.1, 0.15) is 30.1 Å². The summed E-state index contributed by atoms with van der Waals surface area (Å²) in [6.45, 7) is 1.81. The van der Waals surface area contributed by atoms with E-state index in [2.05, 4.69) is 5.32 Å². The van der Waals surface area contributed by atoms with E-state index in [1.807, 2.05) is 6.92 Å². The first kappa shape index (κ1) is 13.8. The van der Waals surface area contributed by atoms with Crippen LogP contribution < -0.4 is 5.32 Å². The van der Waals surface area contributed by atoms with Gasteiger partial charge in [-0.2, -0.15) is 0 Å². The van der Waals surface area contributed by atoms with Crippen molar-refractivity contribution in [3.63, 3.8) is 0 Å². The van der Waals surface area contributed by atoms with Gasteiger partial charge in [-0.05, 0) is 24.6 Å². The van der Waals surface area contributed by atoms with Crippen LogP contribution in [-0.2, 0) is 4.79 Å². The van der Waals surface area contributed by atoms with Gasteiger partial charge in [0.25, 0.3) is 5.91 Å². The number of carbonyl (C=O) groups is 2. The van der Waals surface area contributed by atoms with Gasteiger partial charge in [-0.3, -0.25) is 4.79 Å². The zero-order valence-corrected chi connectivity index (χ0v) is 9.88. The van der Waals surface area contributed by atoms with Crippen molar-refractivity contribution in [2.75, 3.05) is 0 Å². The summed E-state index contributed by atoms with van der Waals surface area (Å²) in [5.74, 6) is -2.47. The molecule has 0 spiro atoms. The molecule has 0 saturated heterocycles. The Morgan fingerprint density at radius 3 is 2.44 bits per heavy atom. The van der Waals surface area contributed by atoms with E-state index in [9.17, 15) is 14.7 Å². The van der Waals surface area contributed by atoms with Crippen LogP contribution in [0.5, 0.6) is 11.5 Å². The molecule has 98 valence electrons. The van der Waals surface area contributed by atoms with Crippen LogP contribution >= 0.6 is 0 Å². The molecular weight excluding hydrogens is 238 g/mol. The molecule has 0 fully saturated rings. The Morgan fingerprint density at radius 1 is 1.28 bits per heavy atom. The van der Waals surface area contributed by atoms with Crippen molar-refractivity contribution in [2.24, 2.45) is 0 Å². The van der Waals surface area contributed by atoms with Crippen molar-refractivity contribution in [2.45, 2.75) is 25.8 Å². The van der Waals surface area contributed by atoms with Crippen molar-refractivity contribution in [1.29, 1.82) is 0 Å². The topological polar surface area (TPSA) is 107 Å². The molecule has 6 nitrogen and oxygen atoms in total. The van der Waals surface area contributed by atoms with E-state index >= 15 is 0 Å². The SMILES string of the molecule is CCC[C@H](NC(=O)c1ccc(O)c(O)c1)C(=O)O. The number of carboxylic acid groups (broad SMARTS) is 1. The number of aromatic hydroxyl groups is 2. The second-order valence-electron chi connectivity index (χ2n) is 3.86. The Morgan fingerprint density at radius 2 is 1.94 bits per heavy atom. The number of carbonyl (C=O) groups excluding carboxylic acids is 1. The van der Waals surface area contributed by atoms with Crippen molar-refractivity contribution in [3.8, 4) is 11.5 Å². The van der Waals surface area contributed by atoms with Gasteiger partial charge in [0.2, 0.25) is 0 Å². The lowest BCUT2D eigenvalue weighted by molar-refractivity contribution is -0.139. The average molecular weight is 253 g/mol. The average Bonchev–Trinajstić information content (AvgIpc) is 2.31. The highest BCUT2D eigenvalue weighted by molar-refractivity contribution is 5.97. The largest absolute Gasteiger partial charge is 0.504 e. The number of rotatable bonds is 5. The third-order valence-corrected chi connectivity index (χ3v) is 2.42. The number of carboxylic acids is 1. The van der Waals surface area contributed by atoms with Gasteiger partial charge >= 0.3 is 5.97 Å². The summed E-state index contributed by atoms with van der Waals surface area (Å²) >= 11 is 0. The molecule has 1 atom stereocenters. The van der Waals surface area contributed by atoms with E-state index in [4.69, 9.17) is 10.2 Å². The molecule has 0 unspecified atom stereocenters. The zero-order chi connectivity index (χ0) is 13.7. The Labute approximate surface area is 104 Å². The van der Waals surface area contributed by atoms with Crippen molar-refractivity contribution < 1.29 is 24.9 Å². The Kier molecular flexibility index (Phi) is 4.53. The van der Waals surface area contributed by atoms with Crippen LogP contribution in [0.4, 0.5) is 0 Å². The maximum absolute atomic E-state index is 11.7. The number of hydrogen-bond acceptors (Lipinski definition) is 4. The normalized spacial score (nSPS) is 11.8. The summed E-state index contributed by atoms with van der Waals surface area (Å²) < 4.78 is 0. The molecule has 1 aromatic rings. The first-order valence-corrected chi connectivity index (χ1v) is 5.51. The first-order valence-electron chi connectivity index (χ1n) is 5.51. The molecule has 0 aliphatic rings. The molecule has 1 aromatic carbocycles. The monoisotopic (exact) mass is 253 g/mol. The molecule has 0 aliphatic heterocycles. The van der Waals surface area contributed by atoms with Crippen LogP contribution in [0.15, 0.2) is 18.2 Å². The van der Waals surface area contributed by atoms with Crippen LogP contribution in [0.25, 0.3) is 0 Å². The fraction of sp³-hybridized carbons (Fsp3) is 0.333. The van der Waals surface area contributed by atoms with E-state index in [0.29, 0.717) is 12.8 Å². The maximum Gasteiger partial charge on any atom is 0.326 e. The van der Waals surface area contributed by atoms with Gasteiger partial charge in [-0.15, -0.1) is 0 Å². The molecule has 4 N–H and O–H groups in total. The van der Waals surface area contributed by atoms with Gasteiger partial charge in [0.1, 0.15) is 6.04 Å². The summed E-state index contributed by atoms with van der Waals surface area (Å²) in [7, 11) is 0. The first-order chi connectivity index (χ1) is 8.45. The van der Waals surface area contributed by atoms with E-state index in [-0.39, 0.29) is 11.3 Å². The number of amides is 1. The molecule has 0 radical (unpaired) electrons. The third-order valence-electron chi connectivity index (χ3n) is 2.42. The van der Waals surface area contributed by atoms with Crippen molar-refractivity contribution in [3.05, 3.63) is 23.8 Å². The second kappa shape index (κ2) is 5.90. The lowest BCUT2D eigenvalue weighted by Crippen LogP contribution is -2.40. The summed E-state index contributed by atoms with van der Waals surface area (Å²) in [6.07, 6.45) is 0.948. The summed E-state index contributed by atoms with van der Waals surface area (Å²) in [5.41, 5.74) is 0.0904. The van der Waals surface area contributed by atoms with Crippen molar-refractivity contribution >= 4 is 11.9 Å². The van der Waals surface area contributed by atoms with Gasteiger partial charge in [0.15, 0.2) is 11.5 Å². The molecule has 0 aliphatic carbocycles. The number of phenolic OH excluding ortho intramolecular Hbond substituents is 2. The summed E-state index contributed by atoms with van der Waals surface area (Å²) in [5, 5.41) is 29.6. The number of nitrogens with one attached hydrogen (secondary N) is 1. The van der Waals surface area contributed by atoms with E-state index in [1.165, 1.54) is 12.1 Å². The van der Waals surface area contributed by atoms with E-state index < -0.39 is 23.7 Å². The molecular formula is C12H15NO5. The predicted molar refractivity (Wildman–Crippen MR) is 63.6 cm³/mol. The van der Waals surface area contributed by atoms with Crippen LogP contribution in [-0.4, -0.2) is 33.2 Å². The quantitative estimate of drug-likeness (QED) is 0.587. The maximum atomic E-state index is 11.7. The molecule has 1 amide bonds. The summed E-state index contributed by atoms with van der Waals surface area (Å²) in [4.78, 5) is 22.6. The van der Waals surface area contributed by atoms with E-state index in [0.717, 1.165) is 6.07 Å². The van der Waals surface area contributed by atoms with Gasteiger partial charge in [-0.25, -0.2) is 4.79 Å². The number of hydrogen-bond donors (Lipinski definition) is 4. The number of phenols is 2. The van der Waals surface area contributed by atoms with Crippen LogP contribution in [0, 0.1) is 0 Å². The minimum Gasteiger partial charge on any atom is -0.504 e. The molecule has 0 heterocycles. The minimum absolute atomic E-state index is 0.0904. The predicted octanol–water partition coefficient (Wildman–Crippen LogP) is 1.08. The lowest BCUT2D eigenvalue weighted by atomic mass is 10.1.